The summed E-state index contributed by atoms with van der Waals surface area (Å²) in [6, 6.07) is 13.4. The Balaban J connectivity index is 0.00000225. The van der Waals surface area contributed by atoms with E-state index >= 15 is 0 Å². The summed E-state index contributed by atoms with van der Waals surface area (Å²) < 4.78 is 28.8. The van der Waals surface area contributed by atoms with Crippen molar-refractivity contribution in [2.45, 2.75) is 6.92 Å². The summed E-state index contributed by atoms with van der Waals surface area (Å²) in [6.45, 7) is 1.66. The molecular formula is C20H13F2N4NaO. The first-order valence-electron chi connectivity index (χ1n) is 8.03. The number of halogens is 2. The Bertz CT molecular complexity index is 1230. The van der Waals surface area contributed by atoms with Crippen LogP contribution in [0.15, 0.2) is 48.5 Å². The second kappa shape index (κ2) is 7.68. The Hall–Kier alpha value is -2.79. The molecular weight excluding hydrogens is 373 g/mol. The van der Waals surface area contributed by atoms with Crippen LogP contribution in [0.5, 0.6) is 5.88 Å². The van der Waals surface area contributed by atoms with E-state index in [1.54, 1.807) is 31.2 Å². The van der Waals surface area contributed by atoms with E-state index in [4.69, 9.17) is 5.26 Å². The van der Waals surface area contributed by atoms with Gasteiger partial charge in [-0.3, -0.25) is 0 Å². The number of fused-ring (bicyclic) bond motifs is 1. The maximum absolute atomic E-state index is 14.3. The van der Waals surface area contributed by atoms with Crippen molar-refractivity contribution in [2.24, 2.45) is 0 Å². The van der Waals surface area contributed by atoms with Gasteiger partial charge in [0, 0.05) is 23.3 Å². The quantitative estimate of drug-likeness (QED) is 0.535. The third-order valence-corrected chi connectivity index (χ3v) is 4.26. The van der Waals surface area contributed by atoms with Gasteiger partial charge in [0.25, 0.3) is 0 Å². The predicted molar refractivity (Wildman–Crippen MR) is 102 cm³/mol. The summed E-state index contributed by atoms with van der Waals surface area (Å²) >= 11 is 0. The molecule has 2 aromatic carbocycles. The molecule has 0 saturated heterocycles. The van der Waals surface area contributed by atoms with Crippen LogP contribution >= 0.6 is 0 Å². The predicted octanol–water partition coefficient (Wildman–Crippen LogP) is 3.58. The van der Waals surface area contributed by atoms with Crippen LogP contribution in [0.4, 0.5) is 8.78 Å². The Kier molecular flexibility index (Phi) is 5.47. The van der Waals surface area contributed by atoms with E-state index in [1.165, 1.54) is 16.6 Å². The van der Waals surface area contributed by atoms with Gasteiger partial charge < -0.3 is 5.11 Å². The number of benzene rings is 2. The van der Waals surface area contributed by atoms with Crippen molar-refractivity contribution in [3.63, 3.8) is 0 Å². The zero-order valence-corrected chi connectivity index (χ0v) is 14.1. The molecule has 2 aromatic heterocycles. The van der Waals surface area contributed by atoms with Crippen molar-refractivity contribution < 1.29 is 13.9 Å². The van der Waals surface area contributed by atoms with Crippen molar-refractivity contribution in [1.29, 1.82) is 5.26 Å². The maximum atomic E-state index is 14.3. The van der Waals surface area contributed by atoms with Crippen molar-refractivity contribution in [2.75, 3.05) is 0 Å². The van der Waals surface area contributed by atoms with Crippen LogP contribution in [0.2, 0.25) is 0 Å². The normalized spacial score (nSPS) is 10.5. The SMILES string of the molecule is Cc1nn2c(O)cc(-c3ccc(C#N)cc3)nc2c1-c1ccc(F)cc1F.[NaH]. The number of rotatable bonds is 2. The van der Waals surface area contributed by atoms with E-state index in [-0.39, 0.29) is 46.6 Å². The summed E-state index contributed by atoms with van der Waals surface area (Å²) in [7, 11) is 0. The zero-order valence-electron chi connectivity index (χ0n) is 14.1. The third kappa shape index (κ3) is 3.38. The van der Waals surface area contributed by atoms with E-state index in [0.717, 1.165) is 12.1 Å². The van der Waals surface area contributed by atoms with Gasteiger partial charge in [0.05, 0.1) is 28.6 Å². The molecule has 0 bridgehead atoms. The summed E-state index contributed by atoms with van der Waals surface area (Å²) in [5.74, 6) is -1.59. The molecule has 8 heteroatoms. The fourth-order valence-corrected chi connectivity index (χ4v) is 2.98. The average Bonchev–Trinajstić information content (AvgIpc) is 2.98. The molecule has 134 valence electrons. The first-order valence-corrected chi connectivity index (χ1v) is 8.03. The number of aromatic hydroxyl groups is 1. The van der Waals surface area contributed by atoms with Crippen LogP contribution in [-0.4, -0.2) is 49.3 Å². The molecule has 0 spiro atoms. The Labute approximate surface area is 181 Å². The van der Waals surface area contributed by atoms with Gasteiger partial charge >= 0.3 is 29.6 Å². The molecule has 0 fully saturated rings. The summed E-state index contributed by atoms with van der Waals surface area (Å²) in [4.78, 5) is 4.52. The molecule has 5 nitrogen and oxygen atoms in total. The van der Waals surface area contributed by atoms with Gasteiger partial charge in [-0.15, -0.1) is 0 Å². The second-order valence-electron chi connectivity index (χ2n) is 6.01. The zero-order chi connectivity index (χ0) is 19.1. The van der Waals surface area contributed by atoms with Crippen molar-refractivity contribution in [3.05, 3.63) is 71.4 Å². The average molecular weight is 386 g/mol. The van der Waals surface area contributed by atoms with Gasteiger partial charge in [-0.25, -0.2) is 13.8 Å². The molecule has 0 saturated carbocycles. The van der Waals surface area contributed by atoms with E-state index in [9.17, 15) is 13.9 Å². The number of aryl methyl sites for hydroxylation is 1. The van der Waals surface area contributed by atoms with E-state index in [0.29, 0.717) is 28.1 Å². The van der Waals surface area contributed by atoms with Crippen LogP contribution in [-0.2, 0) is 0 Å². The van der Waals surface area contributed by atoms with Crippen LogP contribution in [0, 0.1) is 29.9 Å². The second-order valence-corrected chi connectivity index (χ2v) is 6.01. The van der Waals surface area contributed by atoms with Gasteiger partial charge in [0.1, 0.15) is 11.6 Å². The molecule has 0 aliphatic heterocycles. The minimum atomic E-state index is -0.738. The molecule has 28 heavy (non-hydrogen) atoms. The molecule has 0 radical (unpaired) electrons. The van der Waals surface area contributed by atoms with Gasteiger partial charge in [-0.2, -0.15) is 14.9 Å². The number of hydrogen-bond acceptors (Lipinski definition) is 4. The molecule has 0 unspecified atom stereocenters. The molecule has 4 aromatic rings. The van der Waals surface area contributed by atoms with Crippen LogP contribution in [0.3, 0.4) is 0 Å². The van der Waals surface area contributed by atoms with Crippen LogP contribution in [0.25, 0.3) is 28.0 Å². The van der Waals surface area contributed by atoms with Crippen molar-refractivity contribution in [3.8, 4) is 34.3 Å². The molecule has 0 atom stereocenters. The van der Waals surface area contributed by atoms with Gasteiger partial charge in [0.2, 0.25) is 5.88 Å². The van der Waals surface area contributed by atoms with Crippen molar-refractivity contribution in [1.82, 2.24) is 14.6 Å². The van der Waals surface area contributed by atoms with Crippen molar-refractivity contribution >= 4 is 35.2 Å². The Morgan fingerprint density at radius 2 is 1.79 bits per heavy atom. The van der Waals surface area contributed by atoms with Gasteiger partial charge in [-0.1, -0.05) is 12.1 Å². The molecule has 0 aliphatic carbocycles. The number of aromatic nitrogens is 3. The minimum absolute atomic E-state index is 0. The van der Waals surface area contributed by atoms with Crippen LogP contribution in [0.1, 0.15) is 11.3 Å². The number of nitrogens with zero attached hydrogens (tertiary/aromatic N) is 4. The fraction of sp³-hybridized carbons (Fsp3) is 0.0500. The molecule has 0 aliphatic rings. The first-order chi connectivity index (χ1) is 13.0. The van der Waals surface area contributed by atoms with Gasteiger partial charge in [0.15, 0.2) is 5.65 Å². The molecule has 4 rings (SSSR count). The van der Waals surface area contributed by atoms with Gasteiger partial charge in [-0.05, 0) is 31.2 Å². The molecule has 2 heterocycles. The summed E-state index contributed by atoms with van der Waals surface area (Å²) in [5.41, 5.74) is 2.83. The number of hydrogen-bond donors (Lipinski definition) is 1. The molecule has 1 N–H and O–H groups in total. The number of nitriles is 1. The topological polar surface area (TPSA) is 74.2 Å². The summed E-state index contributed by atoms with van der Waals surface area (Å²) in [5, 5.41) is 23.5. The Morgan fingerprint density at radius 1 is 1.07 bits per heavy atom. The first kappa shape index (κ1) is 20.0. The van der Waals surface area contributed by atoms with E-state index in [1.807, 2.05) is 6.07 Å². The standard InChI is InChI=1S/C20H12F2N4O.Na.H/c1-11-19(15-7-6-14(21)8-16(15)22)20-24-17(9-18(27)26(20)25-11)13-4-2-12(10-23)3-5-13;;/h2-9,27H,1H3;;. The third-order valence-electron chi connectivity index (χ3n) is 4.26. The van der Waals surface area contributed by atoms with Crippen LogP contribution < -0.4 is 0 Å². The fourth-order valence-electron chi connectivity index (χ4n) is 2.98. The summed E-state index contributed by atoms with van der Waals surface area (Å²) in [6.07, 6.45) is 0. The van der Waals surface area contributed by atoms with E-state index < -0.39 is 11.6 Å². The Morgan fingerprint density at radius 3 is 2.43 bits per heavy atom. The molecule has 0 amide bonds. The monoisotopic (exact) mass is 386 g/mol. The van der Waals surface area contributed by atoms with E-state index in [2.05, 4.69) is 10.1 Å².